The highest BCUT2D eigenvalue weighted by Crippen LogP contribution is 2.31. The van der Waals surface area contributed by atoms with Crippen LogP contribution in [0.5, 0.6) is 0 Å². The van der Waals surface area contributed by atoms with E-state index in [4.69, 9.17) is 0 Å². The van der Waals surface area contributed by atoms with Crippen molar-refractivity contribution in [1.82, 2.24) is 25.4 Å². The number of halogens is 3. The number of guanidine groups is 1. The van der Waals surface area contributed by atoms with Crippen LogP contribution in [0.2, 0.25) is 0 Å². The predicted octanol–water partition coefficient (Wildman–Crippen LogP) is 4.17. The average Bonchev–Trinajstić information content (AvgIpc) is 3.03. The van der Waals surface area contributed by atoms with Crippen molar-refractivity contribution in [2.75, 3.05) is 13.1 Å². The van der Waals surface area contributed by atoms with Gasteiger partial charge in [-0.3, -0.25) is 0 Å². The van der Waals surface area contributed by atoms with Gasteiger partial charge in [-0.15, -0.1) is 10.2 Å². The molecule has 0 radical (unpaired) electrons. The van der Waals surface area contributed by atoms with Crippen molar-refractivity contribution in [3.63, 3.8) is 0 Å². The van der Waals surface area contributed by atoms with Crippen molar-refractivity contribution in [3.05, 3.63) is 47.0 Å². The summed E-state index contributed by atoms with van der Waals surface area (Å²) in [5, 5.41) is 14.7. The van der Waals surface area contributed by atoms with Crippen molar-refractivity contribution in [2.24, 2.45) is 12.0 Å². The van der Waals surface area contributed by atoms with E-state index in [9.17, 15) is 13.2 Å². The number of benzene rings is 1. The topological polar surface area (TPSA) is 67.1 Å². The van der Waals surface area contributed by atoms with Gasteiger partial charge in [0.1, 0.15) is 12.4 Å². The molecule has 0 aliphatic carbocycles. The van der Waals surface area contributed by atoms with Gasteiger partial charge >= 0.3 is 6.18 Å². The lowest BCUT2D eigenvalue weighted by molar-refractivity contribution is -0.137. The van der Waals surface area contributed by atoms with Gasteiger partial charge < -0.3 is 15.2 Å². The molecule has 0 amide bonds. The fraction of sp³-hybridized carbons (Fsp3) is 0.571. The van der Waals surface area contributed by atoms with E-state index in [-0.39, 0.29) is 5.92 Å². The van der Waals surface area contributed by atoms with Gasteiger partial charge in [0.2, 0.25) is 0 Å². The minimum absolute atomic E-state index is 0.0157. The molecule has 0 saturated heterocycles. The number of alkyl halides is 3. The average molecular weight is 425 g/mol. The maximum atomic E-state index is 12.9. The van der Waals surface area contributed by atoms with Crippen LogP contribution in [0.4, 0.5) is 13.2 Å². The van der Waals surface area contributed by atoms with Gasteiger partial charge in [0.15, 0.2) is 11.8 Å². The first-order valence-electron chi connectivity index (χ1n) is 10.3. The molecule has 0 saturated carbocycles. The summed E-state index contributed by atoms with van der Waals surface area (Å²) in [5.41, 5.74) is 0.0703. The molecule has 30 heavy (non-hydrogen) atoms. The molecule has 1 unspecified atom stereocenters. The van der Waals surface area contributed by atoms with E-state index >= 15 is 0 Å². The number of unbranched alkanes of at least 4 members (excludes halogenated alkanes) is 1. The molecule has 0 bridgehead atoms. The molecule has 0 aliphatic rings. The fourth-order valence-electron chi connectivity index (χ4n) is 2.89. The number of rotatable bonds is 9. The molecule has 2 N–H and O–H groups in total. The van der Waals surface area contributed by atoms with Crippen molar-refractivity contribution in [1.29, 1.82) is 0 Å². The van der Waals surface area contributed by atoms with Crippen molar-refractivity contribution < 1.29 is 13.2 Å². The Balaban J connectivity index is 1.95. The second-order valence-corrected chi connectivity index (χ2v) is 7.41. The summed E-state index contributed by atoms with van der Waals surface area (Å²) in [6, 6.07) is 5.54. The van der Waals surface area contributed by atoms with Crippen LogP contribution in [0.1, 0.15) is 61.8 Å². The van der Waals surface area contributed by atoms with Crippen LogP contribution in [-0.2, 0) is 19.8 Å². The van der Waals surface area contributed by atoms with Crippen molar-refractivity contribution in [3.8, 4) is 0 Å². The van der Waals surface area contributed by atoms with Crippen molar-refractivity contribution >= 4 is 5.96 Å². The van der Waals surface area contributed by atoms with Gasteiger partial charge in [-0.25, -0.2) is 4.99 Å². The Morgan fingerprint density at radius 3 is 2.57 bits per heavy atom. The molecule has 9 heteroatoms. The fourth-order valence-corrected chi connectivity index (χ4v) is 2.89. The van der Waals surface area contributed by atoms with E-state index in [0.717, 1.165) is 37.1 Å². The van der Waals surface area contributed by atoms with E-state index in [2.05, 4.69) is 32.7 Å². The summed E-state index contributed by atoms with van der Waals surface area (Å²) in [5.74, 6) is 2.24. The third-order valence-corrected chi connectivity index (χ3v) is 5.04. The van der Waals surface area contributed by atoms with Gasteiger partial charge in [-0.2, -0.15) is 13.2 Å². The molecule has 0 fully saturated rings. The Morgan fingerprint density at radius 2 is 1.93 bits per heavy atom. The monoisotopic (exact) mass is 424 g/mol. The predicted molar refractivity (Wildman–Crippen MR) is 112 cm³/mol. The Kier molecular flexibility index (Phi) is 8.68. The minimum Gasteiger partial charge on any atom is -0.356 e. The van der Waals surface area contributed by atoms with Gasteiger partial charge in [-0.1, -0.05) is 38.5 Å². The lowest BCUT2D eigenvalue weighted by atomic mass is 9.96. The van der Waals surface area contributed by atoms with Crippen LogP contribution in [0.15, 0.2) is 29.3 Å². The highest BCUT2D eigenvalue weighted by molar-refractivity contribution is 5.79. The van der Waals surface area contributed by atoms with Gasteiger partial charge in [0.05, 0.1) is 5.56 Å². The highest BCUT2D eigenvalue weighted by Gasteiger charge is 2.30. The first kappa shape index (κ1) is 23.7. The van der Waals surface area contributed by atoms with Crippen LogP contribution < -0.4 is 10.6 Å². The molecule has 2 aromatic rings. The number of nitrogens with zero attached hydrogens (tertiary/aromatic N) is 4. The molecule has 6 nitrogen and oxygen atoms in total. The molecule has 1 atom stereocenters. The van der Waals surface area contributed by atoms with Crippen LogP contribution in [0.25, 0.3) is 0 Å². The molecule has 1 aromatic heterocycles. The summed E-state index contributed by atoms with van der Waals surface area (Å²) >= 11 is 0. The second kappa shape index (κ2) is 11.0. The highest BCUT2D eigenvalue weighted by atomic mass is 19.4. The van der Waals surface area contributed by atoms with E-state index in [1.54, 1.807) is 6.07 Å². The van der Waals surface area contributed by atoms with Gasteiger partial charge in [0.25, 0.3) is 0 Å². The summed E-state index contributed by atoms with van der Waals surface area (Å²) in [6.45, 7) is 7.71. The zero-order valence-corrected chi connectivity index (χ0v) is 18.1. The molecular formula is C21H31F3N6. The largest absolute Gasteiger partial charge is 0.416 e. The lowest BCUT2D eigenvalue weighted by Crippen LogP contribution is -2.38. The Labute approximate surface area is 176 Å². The smallest absolute Gasteiger partial charge is 0.356 e. The van der Waals surface area contributed by atoms with Crippen LogP contribution in [0.3, 0.4) is 0 Å². The quantitative estimate of drug-likeness (QED) is 0.360. The number of aryl methyl sites for hydroxylation is 1. The van der Waals surface area contributed by atoms with Gasteiger partial charge in [0, 0.05) is 20.1 Å². The molecular weight excluding hydrogens is 393 g/mol. The zero-order chi connectivity index (χ0) is 22.1. The standard InChI is InChI=1S/C21H31F3N6/c1-5-6-11-25-20(27-14-19-29-28-16(3)30(19)4)26-12-10-15(2)17-8-7-9-18(13-17)21(22,23)24/h7-9,13,15H,5-6,10-12,14H2,1-4H3,(H2,25,26,27). The van der Waals surface area contributed by atoms with Crippen LogP contribution >= 0.6 is 0 Å². The third-order valence-electron chi connectivity index (χ3n) is 5.04. The maximum absolute atomic E-state index is 12.9. The summed E-state index contributed by atoms with van der Waals surface area (Å²) in [4.78, 5) is 4.58. The summed E-state index contributed by atoms with van der Waals surface area (Å²) in [6.07, 6.45) is -1.56. The number of aliphatic imine (C=N–C) groups is 1. The normalized spacial score (nSPS) is 13.4. The molecule has 1 heterocycles. The number of hydrogen-bond donors (Lipinski definition) is 2. The summed E-state index contributed by atoms with van der Waals surface area (Å²) in [7, 11) is 1.90. The zero-order valence-electron chi connectivity index (χ0n) is 18.1. The SMILES string of the molecule is CCCCNC(=NCc1nnc(C)n1C)NCCC(C)c1cccc(C(F)(F)F)c1. The second-order valence-electron chi connectivity index (χ2n) is 7.41. The summed E-state index contributed by atoms with van der Waals surface area (Å²) < 4.78 is 40.7. The third kappa shape index (κ3) is 7.03. The molecule has 166 valence electrons. The maximum Gasteiger partial charge on any atom is 0.416 e. The van der Waals surface area contributed by atoms with Crippen LogP contribution in [0, 0.1) is 6.92 Å². The molecule has 2 rings (SSSR count). The van der Waals surface area contributed by atoms with Gasteiger partial charge in [-0.05, 0) is 37.3 Å². The van der Waals surface area contributed by atoms with Crippen molar-refractivity contribution in [2.45, 2.75) is 58.7 Å². The minimum atomic E-state index is -4.32. The van der Waals surface area contributed by atoms with E-state index in [0.29, 0.717) is 31.0 Å². The lowest BCUT2D eigenvalue weighted by Gasteiger charge is -2.17. The Hall–Kier alpha value is -2.58. The van der Waals surface area contributed by atoms with E-state index in [1.165, 1.54) is 12.1 Å². The Morgan fingerprint density at radius 1 is 1.20 bits per heavy atom. The molecule has 1 aromatic carbocycles. The number of nitrogens with one attached hydrogen (secondary N) is 2. The Bertz CT molecular complexity index is 828. The van der Waals surface area contributed by atoms with E-state index < -0.39 is 11.7 Å². The molecule has 0 aliphatic heterocycles. The van der Waals surface area contributed by atoms with E-state index in [1.807, 2.05) is 25.5 Å². The number of hydrogen-bond acceptors (Lipinski definition) is 3. The molecule has 0 spiro atoms. The first-order chi connectivity index (χ1) is 14.2. The first-order valence-corrected chi connectivity index (χ1v) is 10.3. The van der Waals surface area contributed by atoms with Crippen LogP contribution in [-0.4, -0.2) is 33.8 Å². The number of aromatic nitrogens is 3.